The minimum Gasteiger partial charge on any atom is -0.315 e. The van der Waals surface area contributed by atoms with E-state index in [1.807, 2.05) is 0 Å². The van der Waals surface area contributed by atoms with Gasteiger partial charge in [0.15, 0.2) is 0 Å². The number of nitrogens with one attached hydrogen (secondary N) is 1. The van der Waals surface area contributed by atoms with Gasteiger partial charge in [-0.25, -0.2) is 4.39 Å². The number of carbonyl (C=O) groups excluding carboxylic acids is 1. The quantitative estimate of drug-likeness (QED) is 0.621. The molecule has 1 aromatic rings. The smallest absolute Gasteiger partial charge is 0.315 e. The van der Waals surface area contributed by atoms with Gasteiger partial charge in [0, 0.05) is 3.57 Å². The van der Waals surface area contributed by atoms with Gasteiger partial charge in [0.2, 0.25) is 0 Å². The molecule has 0 spiro atoms. The van der Waals surface area contributed by atoms with Crippen molar-refractivity contribution in [2.45, 2.75) is 6.18 Å². The highest BCUT2D eigenvalue weighted by Crippen LogP contribution is 2.24. The lowest BCUT2D eigenvalue weighted by molar-refractivity contribution is -0.167. The first-order chi connectivity index (χ1) is 6.82. The third-order valence-corrected chi connectivity index (χ3v) is 2.36. The maximum absolute atomic E-state index is 13.0. The average molecular weight is 333 g/mol. The summed E-state index contributed by atoms with van der Waals surface area (Å²) in [6, 6.07) is 3.68. The van der Waals surface area contributed by atoms with E-state index in [0.29, 0.717) is 0 Å². The van der Waals surface area contributed by atoms with Crippen LogP contribution in [0.4, 0.5) is 23.2 Å². The van der Waals surface area contributed by atoms with Crippen LogP contribution >= 0.6 is 22.6 Å². The van der Waals surface area contributed by atoms with Gasteiger partial charge in [-0.15, -0.1) is 0 Å². The molecule has 1 aromatic carbocycles. The lowest BCUT2D eigenvalue weighted by atomic mass is 10.3. The summed E-state index contributed by atoms with van der Waals surface area (Å²) in [5.74, 6) is -3.09. The Labute approximate surface area is 95.8 Å². The van der Waals surface area contributed by atoms with Gasteiger partial charge in [0.05, 0.1) is 5.69 Å². The number of para-hydroxylation sites is 1. The van der Waals surface area contributed by atoms with Crippen molar-refractivity contribution in [1.29, 1.82) is 0 Å². The van der Waals surface area contributed by atoms with Crippen LogP contribution in [0.25, 0.3) is 0 Å². The molecule has 0 radical (unpaired) electrons. The summed E-state index contributed by atoms with van der Waals surface area (Å²) in [7, 11) is 0. The molecule has 0 heterocycles. The molecular weight excluding hydrogens is 329 g/mol. The minimum atomic E-state index is -5.02. The van der Waals surface area contributed by atoms with E-state index in [0.717, 1.165) is 6.07 Å². The minimum absolute atomic E-state index is 0.199. The van der Waals surface area contributed by atoms with E-state index < -0.39 is 23.6 Å². The number of anilines is 1. The van der Waals surface area contributed by atoms with E-state index in [9.17, 15) is 22.4 Å². The third-order valence-electron chi connectivity index (χ3n) is 1.46. The zero-order chi connectivity index (χ0) is 11.6. The van der Waals surface area contributed by atoms with E-state index in [2.05, 4.69) is 0 Å². The van der Waals surface area contributed by atoms with E-state index in [-0.39, 0.29) is 3.57 Å². The molecule has 0 bridgehead atoms. The zero-order valence-electron chi connectivity index (χ0n) is 7.03. The van der Waals surface area contributed by atoms with Crippen LogP contribution in [0.3, 0.4) is 0 Å². The lowest BCUT2D eigenvalue weighted by Gasteiger charge is -2.09. The summed E-state index contributed by atoms with van der Waals surface area (Å²) in [5, 5.41) is 1.47. The lowest BCUT2D eigenvalue weighted by Crippen LogP contribution is -2.30. The summed E-state index contributed by atoms with van der Waals surface area (Å²) in [6.07, 6.45) is -5.02. The van der Waals surface area contributed by atoms with Gasteiger partial charge >= 0.3 is 12.1 Å². The first-order valence-electron chi connectivity index (χ1n) is 3.64. The third kappa shape index (κ3) is 3.05. The van der Waals surface area contributed by atoms with Gasteiger partial charge in [-0.2, -0.15) is 13.2 Å². The van der Waals surface area contributed by atoms with Gasteiger partial charge in [0.25, 0.3) is 0 Å². The van der Waals surface area contributed by atoms with Crippen LogP contribution in [-0.2, 0) is 4.79 Å². The number of alkyl halides is 3. The second-order valence-corrected chi connectivity index (χ2v) is 3.71. The Morgan fingerprint density at radius 1 is 1.33 bits per heavy atom. The fraction of sp³-hybridized carbons (Fsp3) is 0.125. The molecule has 15 heavy (non-hydrogen) atoms. The predicted octanol–water partition coefficient (Wildman–Crippen LogP) is 2.93. The van der Waals surface area contributed by atoms with Crippen molar-refractivity contribution in [3.05, 3.63) is 27.6 Å². The average Bonchev–Trinajstić information content (AvgIpc) is 2.09. The normalized spacial score (nSPS) is 11.3. The van der Waals surface area contributed by atoms with Crippen molar-refractivity contribution in [3.8, 4) is 0 Å². The number of amides is 1. The molecule has 0 aliphatic carbocycles. The number of carbonyl (C=O) groups is 1. The molecule has 82 valence electrons. The van der Waals surface area contributed by atoms with E-state index >= 15 is 0 Å². The summed E-state index contributed by atoms with van der Waals surface area (Å²) in [5.41, 5.74) is -0.458. The van der Waals surface area contributed by atoms with Gasteiger partial charge in [-0.1, -0.05) is 6.07 Å². The summed E-state index contributed by atoms with van der Waals surface area (Å²) >= 11 is 1.63. The first kappa shape index (κ1) is 12.2. The Morgan fingerprint density at radius 2 is 1.93 bits per heavy atom. The Balaban J connectivity index is 2.95. The van der Waals surface area contributed by atoms with Gasteiger partial charge in [0.1, 0.15) is 5.82 Å². The highest BCUT2D eigenvalue weighted by atomic mass is 127. The molecule has 0 saturated heterocycles. The van der Waals surface area contributed by atoms with Crippen LogP contribution in [-0.4, -0.2) is 12.1 Å². The van der Waals surface area contributed by atoms with Crippen LogP contribution in [0.5, 0.6) is 0 Å². The SMILES string of the molecule is O=C(Nc1c(F)cccc1I)C(F)(F)F. The van der Waals surface area contributed by atoms with E-state index in [4.69, 9.17) is 0 Å². The molecule has 0 aliphatic heterocycles. The molecular formula is C8H4F4INO. The second kappa shape index (κ2) is 4.33. The fourth-order valence-corrected chi connectivity index (χ4v) is 1.40. The zero-order valence-corrected chi connectivity index (χ0v) is 9.19. The van der Waals surface area contributed by atoms with Gasteiger partial charge in [-0.3, -0.25) is 4.79 Å². The molecule has 0 fully saturated rings. The summed E-state index contributed by atoms with van der Waals surface area (Å²) in [4.78, 5) is 10.5. The standard InChI is InChI=1S/C8H4F4INO/c9-4-2-1-3-5(13)6(4)14-7(15)8(10,11)12/h1-3H,(H,14,15). The Hall–Kier alpha value is -0.860. The molecule has 2 nitrogen and oxygen atoms in total. The highest BCUT2D eigenvalue weighted by molar-refractivity contribution is 14.1. The second-order valence-electron chi connectivity index (χ2n) is 2.55. The van der Waals surface area contributed by atoms with Gasteiger partial charge < -0.3 is 5.32 Å². The molecule has 7 heteroatoms. The number of benzene rings is 1. The van der Waals surface area contributed by atoms with Crippen LogP contribution < -0.4 is 5.32 Å². The van der Waals surface area contributed by atoms with Crippen LogP contribution in [0, 0.1) is 9.39 Å². The van der Waals surface area contributed by atoms with Crippen molar-refractivity contribution < 1.29 is 22.4 Å². The van der Waals surface area contributed by atoms with Crippen molar-refractivity contribution in [3.63, 3.8) is 0 Å². The molecule has 0 unspecified atom stereocenters. The summed E-state index contributed by atoms with van der Waals surface area (Å²) in [6.45, 7) is 0. The van der Waals surface area contributed by atoms with Crippen molar-refractivity contribution in [2.75, 3.05) is 5.32 Å². The van der Waals surface area contributed by atoms with Crippen molar-refractivity contribution >= 4 is 34.2 Å². The molecule has 0 saturated carbocycles. The molecule has 1 N–H and O–H groups in total. The van der Waals surface area contributed by atoms with Crippen LogP contribution in [0.2, 0.25) is 0 Å². The Kier molecular flexibility index (Phi) is 3.53. The summed E-state index contributed by atoms with van der Waals surface area (Å²) < 4.78 is 48.8. The molecule has 0 aromatic heterocycles. The molecule has 1 rings (SSSR count). The first-order valence-corrected chi connectivity index (χ1v) is 4.72. The maximum atomic E-state index is 13.0. The topological polar surface area (TPSA) is 29.1 Å². The highest BCUT2D eigenvalue weighted by Gasteiger charge is 2.39. The number of halogens is 5. The van der Waals surface area contributed by atoms with E-state index in [1.165, 1.54) is 17.4 Å². The number of hydrogen-bond donors (Lipinski definition) is 1. The van der Waals surface area contributed by atoms with E-state index in [1.54, 1.807) is 22.6 Å². The predicted molar refractivity (Wildman–Crippen MR) is 53.8 cm³/mol. The Morgan fingerprint density at radius 3 is 2.40 bits per heavy atom. The molecule has 1 amide bonds. The van der Waals surface area contributed by atoms with Crippen LogP contribution in [0.1, 0.15) is 0 Å². The molecule has 0 aliphatic rings. The van der Waals surface area contributed by atoms with Gasteiger partial charge in [-0.05, 0) is 34.7 Å². The fourth-order valence-electron chi connectivity index (χ4n) is 0.802. The number of rotatable bonds is 1. The monoisotopic (exact) mass is 333 g/mol. The van der Waals surface area contributed by atoms with Crippen LogP contribution in [0.15, 0.2) is 18.2 Å². The molecule has 0 atom stereocenters. The Bertz CT molecular complexity index is 370. The largest absolute Gasteiger partial charge is 0.471 e. The number of hydrogen-bond acceptors (Lipinski definition) is 1. The maximum Gasteiger partial charge on any atom is 0.471 e. The van der Waals surface area contributed by atoms with Crippen molar-refractivity contribution in [2.24, 2.45) is 0 Å². The van der Waals surface area contributed by atoms with Crippen molar-refractivity contribution in [1.82, 2.24) is 0 Å².